The van der Waals surface area contributed by atoms with E-state index >= 15 is 0 Å². The molecule has 1 atom stereocenters. The van der Waals surface area contributed by atoms with Gasteiger partial charge < -0.3 is 19.9 Å². The minimum Gasteiger partial charge on any atom is -0.381 e. The highest BCUT2D eigenvalue weighted by Gasteiger charge is 2.19. The third-order valence-electron chi connectivity index (χ3n) is 5.16. The number of guanidine groups is 1. The molecule has 3 rings (SSSR count). The van der Waals surface area contributed by atoms with E-state index in [1.807, 2.05) is 0 Å². The molecule has 2 aromatic rings. The van der Waals surface area contributed by atoms with Gasteiger partial charge in [0.2, 0.25) is 0 Å². The molecule has 2 N–H and O–H groups in total. The third-order valence-corrected chi connectivity index (χ3v) is 5.16. The first kappa shape index (κ1) is 18.8. The van der Waals surface area contributed by atoms with Gasteiger partial charge in [0, 0.05) is 56.3 Å². The summed E-state index contributed by atoms with van der Waals surface area (Å²) in [7, 11) is 2.12. The molecular formula is C21H32N4O. The molecule has 0 bridgehead atoms. The minimum absolute atomic E-state index is 0.616. The number of fused-ring (bicyclic) bond motifs is 1. The molecule has 0 aliphatic carbocycles. The van der Waals surface area contributed by atoms with Crippen molar-refractivity contribution in [3.05, 3.63) is 35.5 Å². The summed E-state index contributed by atoms with van der Waals surface area (Å²) in [6.45, 7) is 8.76. The van der Waals surface area contributed by atoms with E-state index in [9.17, 15) is 0 Å². The highest BCUT2D eigenvalue weighted by atomic mass is 16.5. The lowest BCUT2D eigenvalue weighted by Gasteiger charge is -2.24. The lowest BCUT2D eigenvalue weighted by Crippen LogP contribution is -2.41. The number of benzene rings is 1. The summed E-state index contributed by atoms with van der Waals surface area (Å²) in [6, 6.07) is 6.57. The summed E-state index contributed by atoms with van der Waals surface area (Å²) in [5.74, 6) is 1.61. The summed E-state index contributed by atoms with van der Waals surface area (Å²) in [4.78, 5) is 10.6. The Morgan fingerprint density at radius 2 is 2.23 bits per heavy atom. The fourth-order valence-electron chi connectivity index (χ4n) is 3.73. The van der Waals surface area contributed by atoms with Gasteiger partial charge in [-0.2, -0.15) is 0 Å². The first-order valence-corrected chi connectivity index (χ1v) is 9.88. The Kier molecular flexibility index (Phi) is 6.56. The van der Waals surface area contributed by atoms with E-state index in [2.05, 4.69) is 60.5 Å². The van der Waals surface area contributed by atoms with Crippen molar-refractivity contribution in [2.75, 3.05) is 39.9 Å². The van der Waals surface area contributed by atoms with Gasteiger partial charge in [0.05, 0.1) is 6.61 Å². The number of H-pyrrole nitrogens is 1. The first-order valence-electron chi connectivity index (χ1n) is 9.88. The van der Waals surface area contributed by atoms with Gasteiger partial charge in [-0.3, -0.25) is 4.99 Å². The molecule has 142 valence electrons. The highest BCUT2D eigenvalue weighted by molar-refractivity contribution is 5.86. The smallest absolute Gasteiger partial charge is 0.193 e. The quantitative estimate of drug-likeness (QED) is 0.592. The van der Waals surface area contributed by atoms with Gasteiger partial charge in [-0.15, -0.1) is 0 Å². The third kappa shape index (κ3) is 4.39. The van der Waals surface area contributed by atoms with Crippen LogP contribution in [0.5, 0.6) is 0 Å². The number of hydrogen-bond acceptors (Lipinski definition) is 2. The van der Waals surface area contributed by atoms with Crippen molar-refractivity contribution in [1.29, 1.82) is 0 Å². The molecule has 1 aromatic heterocycles. The van der Waals surface area contributed by atoms with Crippen LogP contribution in [0.4, 0.5) is 0 Å². The number of nitrogens with one attached hydrogen (secondary N) is 2. The molecule has 1 aromatic carbocycles. The van der Waals surface area contributed by atoms with E-state index in [0.29, 0.717) is 5.92 Å². The first-order chi connectivity index (χ1) is 12.7. The number of aryl methyl sites for hydroxylation is 1. The van der Waals surface area contributed by atoms with Crippen molar-refractivity contribution in [3.8, 4) is 0 Å². The van der Waals surface area contributed by atoms with E-state index in [-0.39, 0.29) is 0 Å². The van der Waals surface area contributed by atoms with Crippen LogP contribution in [0.15, 0.2) is 29.4 Å². The molecule has 0 amide bonds. The van der Waals surface area contributed by atoms with Crippen LogP contribution in [0.25, 0.3) is 10.9 Å². The highest BCUT2D eigenvalue weighted by Crippen LogP contribution is 2.22. The van der Waals surface area contributed by atoms with Gasteiger partial charge in [-0.05, 0) is 37.3 Å². The van der Waals surface area contributed by atoms with Gasteiger partial charge in [0.15, 0.2) is 5.96 Å². The van der Waals surface area contributed by atoms with Gasteiger partial charge in [-0.25, -0.2) is 0 Å². The SMILES string of the molecule is CCNC(=NCCc1c[nH]c2c(CC)cccc12)N(C)CC1CCOC1. The van der Waals surface area contributed by atoms with Crippen molar-refractivity contribution >= 4 is 16.9 Å². The number of nitrogens with zero attached hydrogens (tertiary/aromatic N) is 2. The Bertz CT molecular complexity index is 731. The monoisotopic (exact) mass is 356 g/mol. The fraction of sp³-hybridized carbons (Fsp3) is 0.571. The van der Waals surface area contributed by atoms with E-state index < -0.39 is 0 Å². The normalized spacial score (nSPS) is 17.8. The molecule has 26 heavy (non-hydrogen) atoms. The molecule has 5 heteroatoms. The molecule has 2 heterocycles. The molecule has 1 saturated heterocycles. The van der Waals surface area contributed by atoms with Crippen LogP contribution in [0.3, 0.4) is 0 Å². The van der Waals surface area contributed by atoms with Crippen LogP contribution < -0.4 is 5.32 Å². The Morgan fingerprint density at radius 1 is 1.35 bits per heavy atom. The van der Waals surface area contributed by atoms with Crippen molar-refractivity contribution in [3.63, 3.8) is 0 Å². The van der Waals surface area contributed by atoms with Crippen LogP contribution in [0.1, 0.15) is 31.4 Å². The van der Waals surface area contributed by atoms with E-state index in [1.54, 1.807) is 0 Å². The van der Waals surface area contributed by atoms with Crippen molar-refractivity contribution in [1.82, 2.24) is 15.2 Å². The summed E-state index contributed by atoms with van der Waals surface area (Å²) < 4.78 is 5.50. The van der Waals surface area contributed by atoms with E-state index in [1.165, 1.54) is 22.0 Å². The van der Waals surface area contributed by atoms with Crippen molar-refractivity contribution in [2.45, 2.75) is 33.1 Å². The molecule has 1 aliphatic heterocycles. The lowest BCUT2D eigenvalue weighted by molar-refractivity contribution is 0.181. The van der Waals surface area contributed by atoms with Gasteiger partial charge in [0.1, 0.15) is 0 Å². The lowest BCUT2D eigenvalue weighted by atomic mass is 10.1. The number of para-hydroxylation sites is 1. The van der Waals surface area contributed by atoms with Crippen LogP contribution in [0, 0.1) is 5.92 Å². The topological polar surface area (TPSA) is 52.7 Å². The van der Waals surface area contributed by atoms with Crippen LogP contribution >= 0.6 is 0 Å². The summed E-state index contributed by atoms with van der Waals surface area (Å²) in [5.41, 5.74) is 4.00. The molecule has 5 nitrogen and oxygen atoms in total. The number of aromatic amines is 1. The fourth-order valence-corrected chi connectivity index (χ4v) is 3.73. The second-order valence-corrected chi connectivity index (χ2v) is 7.10. The van der Waals surface area contributed by atoms with Crippen LogP contribution in [0.2, 0.25) is 0 Å². The number of hydrogen-bond donors (Lipinski definition) is 2. The van der Waals surface area contributed by atoms with Crippen LogP contribution in [-0.2, 0) is 17.6 Å². The average Bonchev–Trinajstić information content (AvgIpc) is 3.30. The predicted octanol–water partition coefficient (Wildman–Crippen LogP) is 3.21. The number of aromatic nitrogens is 1. The van der Waals surface area contributed by atoms with E-state index in [4.69, 9.17) is 9.73 Å². The summed E-state index contributed by atoms with van der Waals surface area (Å²) in [6.07, 6.45) is 5.29. The summed E-state index contributed by atoms with van der Waals surface area (Å²) >= 11 is 0. The maximum Gasteiger partial charge on any atom is 0.193 e. The number of aliphatic imine (C=N–C) groups is 1. The molecule has 0 radical (unpaired) electrons. The van der Waals surface area contributed by atoms with Crippen molar-refractivity contribution < 1.29 is 4.74 Å². The van der Waals surface area contributed by atoms with Gasteiger partial charge in [-0.1, -0.05) is 25.1 Å². The minimum atomic E-state index is 0.616. The maximum atomic E-state index is 5.50. The zero-order valence-electron chi connectivity index (χ0n) is 16.3. The molecule has 0 saturated carbocycles. The molecule has 1 unspecified atom stereocenters. The zero-order valence-corrected chi connectivity index (χ0v) is 16.3. The Hall–Kier alpha value is -2.01. The average molecular weight is 357 g/mol. The second-order valence-electron chi connectivity index (χ2n) is 7.10. The summed E-state index contributed by atoms with van der Waals surface area (Å²) in [5, 5.41) is 4.75. The second kappa shape index (κ2) is 9.08. The molecule has 0 spiro atoms. The Morgan fingerprint density at radius 3 is 2.96 bits per heavy atom. The van der Waals surface area contributed by atoms with Crippen LogP contribution in [-0.4, -0.2) is 55.7 Å². The van der Waals surface area contributed by atoms with Gasteiger partial charge >= 0.3 is 0 Å². The Labute approximate surface area is 156 Å². The Balaban J connectivity index is 1.64. The largest absolute Gasteiger partial charge is 0.381 e. The van der Waals surface area contributed by atoms with Crippen molar-refractivity contribution in [2.24, 2.45) is 10.9 Å². The molecular weight excluding hydrogens is 324 g/mol. The molecule has 1 aliphatic rings. The predicted molar refractivity (Wildman–Crippen MR) is 109 cm³/mol. The number of rotatable bonds is 7. The van der Waals surface area contributed by atoms with E-state index in [0.717, 1.165) is 58.1 Å². The van der Waals surface area contributed by atoms with Gasteiger partial charge in [0.25, 0.3) is 0 Å². The zero-order chi connectivity index (χ0) is 18.4. The standard InChI is InChI=1S/C21H32N4O/c1-4-17-7-6-8-19-18(13-24-20(17)19)9-11-23-21(22-5-2)25(3)14-16-10-12-26-15-16/h6-8,13,16,24H,4-5,9-12,14-15H2,1-3H3,(H,22,23). The molecule has 1 fully saturated rings. The number of ether oxygens (including phenoxy) is 1. The maximum absolute atomic E-state index is 5.50.